The molecule has 0 heterocycles. The van der Waals surface area contributed by atoms with Crippen LogP contribution in [-0.4, -0.2) is 28.2 Å². The maximum atomic E-state index is 11.1. The molecule has 0 radical (unpaired) electrons. The number of hydrogen-bond acceptors (Lipinski definition) is 3. The van der Waals surface area contributed by atoms with Crippen LogP contribution in [0.15, 0.2) is 24.3 Å². The van der Waals surface area contributed by atoms with Crippen LogP contribution in [-0.2, 0) is 4.79 Å². The van der Waals surface area contributed by atoms with Gasteiger partial charge in [-0.1, -0.05) is 31.2 Å². The van der Waals surface area contributed by atoms with Crippen molar-refractivity contribution in [1.29, 1.82) is 0 Å². The molecule has 1 saturated carbocycles. The van der Waals surface area contributed by atoms with E-state index in [2.05, 4.69) is 0 Å². The Morgan fingerprint density at radius 2 is 2.19 bits per heavy atom. The average molecular weight is 224 g/mol. The van der Waals surface area contributed by atoms with Crippen LogP contribution in [0.25, 0.3) is 0 Å². The number of carbonyl (C=O) groups excluding carboxylic acids is 1. The van der Waals surface area contributed by atoms with Gasteiger partial charge in [0.25, 0.3) is 0 Å². The second-order valence-electron chi connectivity index (χ2n) is 4.25. The Morgan fingerprint density at radius 1 is 1.44 bits per heavy atom. The largest absolute Gasteiger partial charge is 0.392 e. The molecule has 0 aromatic carbocycles. The first kappa shape index (κ1) is 13.1. The zero-order chi connectivity index (χ0) is 12.0. The lowest BCUT2D eigenvalue weighted by atomic mass is 10.0. The van der Waals surface area contributed by atoms with Crippen LogP contribution in [0.2, 0.25) is 0 Å². The number of rotatable bonds is 5. The topological polar surface area (TPSA) is 57.5 Å². The SMILES string of the molecule is CC/C=C/CC(O)/C=C/[C@@H]1CC(=O)CC1O. The Morgan fingerprint density at radius 3 is 2.75 bits per heavy atom. The van der Waals surface area contributed by atoms with Crippen LogP contribution in [0.1, 0.15) is 32.6 Å². The fourth-order valence-corrected chi connectivity index (χ4v) is 1.82. The van der Waals surface area contributed by atoms with E-state index in [1.54, 1.807) is 12.2 Å². The van der Waals surface area contributed by atoms with Crippen molar-refractivity contribution in [2.24, 2.45) is 5.92 Å². The minimum atomic E-state index is -0.567. The standard InChI is InChI=1S/C13H20O3/c1-2-3-4-5-11(14)7-6-10-8-12(15)9-13(10)16/h3-4,6-7,10-11,13-14,16H,2,5,8-9H2,1H3/b4-3+,7-6+/t10-,11?,13?/m1/s1. The monoisotopic (exact) mass is 224 g/mol. The molecule has 1 aliphatic rings. The van der Waals surface area contributed by atoms with Crippen molar-refractivity contribution >= 4 is 5.78 Å². The molecule has 3 atom stereocenters. The van der Waals surface area contributed by atoms with Gasteiger partial charge in [-0.3, -0.25) is 4.79 Å². The highest BCUT2D eigenvalue weighted by molar-refractivity contribution is 5.81. The molecule has 1 aliphatic carbocycles. The Hall–Kier alpha value is -0.930. The van der Waals surface area contributed by atoms with Gasteiger partial charge in [0.05, 0.1) is 12.2 Å². The van der Waals surface area contributed by atoms with E-state index in [1.165, 1.54) is 0 Å². The Kier molecular flexibility index (Phi) is 5.43. The van der Waals surface area contributed by atoms with Crippen molar-refractivity contribution in [3.63, 3.8) is 0 Å². The predicted molar refractivity (Wildman–Crippen MR) is 62.9 cm³/mol. The minimum absolute atomic E-state index is 0.0996. The molecule has 2 N–H and O–H groups in total. The first-order chi connectivity index (χ1) is 7.63. The van der Waals surface area contributed by atoms with E-state index < -0.39 is 12.2 Å². The number of Topliss-reactive ketones (excluding diaryl/α,β-unsaturated/α-hetero) is 1. The highest BCUT2D eigenvalue weighted by atomic mass is 16.3. The van der Waals surface area contributed by atoms with Crippen molar-refractivity contribution in [2.75, 3.05) is 0 Å². The van der Waals surface area contributed by atoms with Gasteiger partial charge in [0.15, 0.2) is 0 Å². The fourth-order valence-electron chi connectivity index (χ4n) is 1.82. The Bertz CT molecular complexity index is 281. The molecule has 0 spiro atoms. The summed E-state index contributed by atoms with van der Waals surface area (Å²) < 4.78 is 0. The molecule has 0 aliphatic heterocycles. The number of ketones is 1. The van der Waals surface area contributed by atoms with E-state index in [-0.39, 0.29) is 18.1 Å². The van der Waals surface area contributed by atoms with E-state index in [4.69, 9.17) is 0 Å². The fraction of sp³-hybridized carbons (Fsp3) is 0.615. The molecule has 1 fully saturated rings. The third-order valence-corrected chi connectivity index (χ3v) is 2.75. The number of hydrogen-bond donors (Lipinski definition) is 2. The molecule has 3 heteroatoms. The number of aliphatic hydroxyl groups excluding tert-OH is 2. The van der Waals surface area contributed by atoms with Crippen LogP contribution >= 0.6 is 0 Å². The van der Waals surface area contributed by atoms with Gasteiger partial charge >= 0.3 is 0 Å². The summed E-state index contributed by atoms with van der Waals surface area (Å²) >= 11 is 0. The summed E-state index contributed by atoms with van der Waals surface area (Å²) in [5.41, 5.74) is 0. The average Bonchev–Trinajstić information content (AvgIpc) is 2.55. The summed E-state index contributed by atoms with van der Waals surface area (Å²) in [7, 11) is 0. The summed E-state index contributed by atoms with van der Waals surface area (Å²) in [6.07, 6.45) is 8.49. The van der Waals surface area contributed by atoms with Crippen LogP contribution in [0.5, 0.6) is 0 Å². The van der Waals surface area contributed by atoms with Gasteiger partial charge in [-0.2, -0.15) is 0 Å². The molecule has 0 aromatic heterocycles. The van der Waals surface area contributed by atoms with Crippen LogP contribution in [0.4, 0.5) is 0 Å². The second kappa shape index (κ2) is 6.61. The molecule has 90 valence electrons. The van der Waals surface area contributed by atoms with Crippen LogP contribution in [0, 0.1) is 5.92 Å². The highest BCUT2D eigenvalue weighted by Gasteiger charge is 2.29. The normalized spacial score (nSPS) is 28.3. The zero-order valence-corrected chi connectivity index (χ0v) is 9.67. The first-order valence-corrected chi connectivity index (χ1v) is 5.84. The molecule has 1 rings (SSSR count). The molecule has 16 heavy (non-hydrogen) atoms. The first-order valence-electron chi connectivity index (χ1n) is 5.84. The van der Waals surface area contributed by atoms with Gasteiger partial charge in [-0.15, -0.1) is 0 Å². The number of allylic oxidation sites excluding steroid dienone is 1. The van der Waals surface area contributed by atoms with Gasteiger partial charge in [-0.05, 0) is 12.8 Å². The van der Waals surface area contributed by atoms with Crippen molar-refractivity contribution in [1.82, 2.24) is 0 Å². The summed E-state index contributed by atoms with van der Waals surface area (Å²) in [6.45, 7) is 2.04. The smallest absolute Gasteiger partial charge is 0.136 e. The van der Waals surface area contributed by atoms with E-state index >= 15 is 0 Å². The quantitative estimate of drug-likeness (QED) is 0.697. The van der Waals surface area contributed by atoms with Crippen molar-refractivity contribution < 1.29 is 15.0 Å². The lowest BCUT2D eigenvalue weighted by Gasteiger charge is -2.08. The van der Waals surface area contributed by atoms with E-state index in [1.807, 2.05) is 19.1 Å². The van der Waals surface area contributed by atoms with Gasteiger partial charge in [0.1, 0.15) is 5.78 Å². The third-order valence-electron chi connectivity index (χ3n) is 2.75. The third kappa shape index (κ3) is 4.29. The Labute approximate surface area is 96.5 Å². The summed E-state index contributed by atoms with van der Waals surface area (Å²) in [4.78, 5) is 11.1. The molecule has 3 nitrogen and oxygen atoms in total. The van der Waals surface area contributed by atoms with Crippen LogP contribution in [0.3, 0.4) is 0 Å². The van der Waals surface area contributed by atoms with E-state index in [0.717, 1.165) is 6.42 Å². The van der Waals surface area contributed by atoms with Crippen molar-refractivity contribution in [3.8, 4) is 0 Å². The highest BCUT2D eigenvalue weighted by Crippen LogP contribution is 2.24. The van der Waals surface area contributed by atoms with Gasteiger partial charge in [0.2, 0.25) is 0 Å². The predicted octanol–water partition coefficient (Wildman–Crippen LogP) is 1.60. The summed E-state index contributed by atoms with van der Waals surface area (Å²) in [6, 6.07) is 0. The van der Waals surface area contributed by atoms with E-state index in [0.29, 0.717) is 12.8 Å². The zero-order valence-electron chi connectivity index (χ0n) is 9.67. The van der Waals surface area contributed by atoms with Crippen molar-refractivity contribution in [3.05, 3.63) is 24.3 Å². The Balaban J connectivity index is 2.35. The lowest BCUT2D eigenvalue weighted by molar-refractivity contribution is -0.117. The molecule has 0 aromatic rings. The molecule has 0 saturated heterocycles. The molecule has 0 bridgehead atoms. The number of aliphatic hydroxyl groups is 2. The molecule has 2 unspecified atom stereocenters. The summed E-state index contributed by atoms with van der Waals surface area (Å²) in [5.74, 6) is -0.0141. The second-order valence-corrected chi connectivity index (χ2v) is 4.25. The maximum absolute atomic E-state index is 11.1. The maximum Gasteiger partial charge on any atom is 0.136 e. The number of carbonyl (C=O) groups is 1. The van der Waals surface area contributed by atoms with Gasteiger partial charge in [-0.25, -0.2) is 0 Å². The molecular weight excluding hydrogens is 204 g/mol. The summed E-state index contributed by atoms with van der Waals surface area (Å²) in [5, 5.41) is 19.1. The van der Waals surface area contributed by atoms with Crippen molar-refractivity contribution in [2.45, 2.75) is 44.8 Å². The lowest BCUT2D eigenvalue weighted by Crippen LogP contribution is -2.11. The van der Waals surface area contributed by atoms with Gasteiger partial charge < -0.3 is 10.2 Å². The molecule has 0 amide bonds. The van der Waals surface area contributed by atoms with Crippen LogP contribution < -0.4 is 0 Å². The molecular formula is C13H20O3. The minimum Gasteiger partial charge on any atom is -0.392 e. The van der Waals surface area contributed by atoms with E-state index in [9.17, 15) is 15.0 Å². The van der Waals surface area contributed by atoms with Gasteiger partial charge in [0, 0.05) is 18.8 Å².